The molecule has 5 heteroatoms. The molecule has 102 valence electrons. The highest BCUT2D eigenvalue weighted by molar-refractivity contribution is 5.27. The molecule has 0 saturated heterocycles. The lowest BCUT2D eigenvalue weighted by Gasteiger charge is -2.07. The van der Waals surface area contributed by atoms with Crippen LogP contribution in [0.2, 0.25) is 0 Å². The number of nitrogens with one attached hydrogen (secondary N) is 2. The highest BCUT2D eigenvalue weighted by atomic mass is 16.5. The minimum absolute atomic E-state index is 0.773. The van der Waals surface area contributed by atoms with Crippen LogP contribution in [0.3, 0.4) is 0 Å². The Morgan fingerprint density at radius 2 is 2.11 bits per heavy atom. The molecule has 2 aromatic rings. The maximum absolute atomic E-state index is 5.54. The van der Waals surface area contributed by atoms with Gasteiger partial charge in [-0.3, -0.25) is 5.10 Å². The zero-order chi connectivity index (χ0) is 13.3. The second-order valence-electron chi connectivity index (χ2n) is 4.35. The van der Waals surface area contributed by atoms with E-state index >= 15 is 0 Å². The molecule has 0 bridgehead atoms. The molecule has 0 radical (unpaired) electrons. The summed E-state index contributed by atoms with van der Waals surface area (Å²) in [6.07, 6.45) is 3.42. The summed E-state index contributed by atoms with van der Waals surface area (Å²) in [4.78, 5) is 4.08. The summed E-state index contributed by atoms with van der Waals surface area (Å²) in [5.41, 5.74) is 1.25. The van der Waals surface area contributed by atoms with Gasteiger partial charge in [0.05, 0.1) is 6.61 Å². The van der Waals surface area contributed by atoms with E-state index in [9.17, 15) is 0 Å². The van der Waals surface area contributed by atoms with Crippen LogP contribution in [0, 0.1) is 0 Å². The van der Waals surface area contributed by atoms with Crippen molar-refractivity contribution in [2.45, 2.75) is 26.3 Å². The summed E-state index contributed by atoms with van der Waals surface area (Å²) in [7, 11) is 0. The number of rotatable bonds is 8. The summed E-state index contributed by atoms with van der Waals surface area (Å²) in [6.45, 7) is 4.60. The third-order valence-electron chi connectivity index (χ3n) is 2.73. The van der Waals surface area contributed by atoms with Crippen molar-refractivity contribution >= 4 is 0 Å². The maximum atomic E-state index is 5.54. The van der Waals surface area contributed by atoms with Gasteiger partial charge >= 0.3 is 0 Å². The van der Waals surface area contributed by atoms with E-state index in [1.54, 1.807) is 0 Å². The summed E-state index contributed by atoms with van der Waals surface area (Å²) in [5.74, 6) is 1.85. The average Bonchev–Trinajstić information content (AvgIpc) is 2.96. The molecule has 0 aliphatic heterocycles. The van der Waals surface area contributed by atoms with Crippen molar-refractivity contribution in [2.75, 3.05) is 13.2 Å². The Bertz CT molecular complexity index is 453. The first kappa shape index (κ1) is 13.5. The first-order valence-corrected chi connectivity index (χ1v) is 6.65. The van der Waals surface area contributed by atoms with Gasteiger partial charge < -0.3 is 10.1 Å². The predicted octanol–water partition coefficient (Wildman–Crippen LogP) is 1.93. The molecule has 2 rings (SSSR count). The fraction of sp³-hybridized carbons (Fsp3) is 0.429. The zero-order valence-electron chi connectivity index (χ0n) is 11.2. The van der Waals surface area contributed by atoms with Crippen molar-refractivity contribution in [3.63, 3.8) is 0 Å². The lowest BCUT2D eigenvalue weighted by atomic mass is 10.2. The van der Waals surface area contributed by atoms with E-state index in [0.717, 1.165) is 44.1 Å². The van der Waals surface area contributed by atoms with E-state index < -0.39 is 0 Å². The van der Waals surface area contributed by atoms with Gasteiger partial charge in [0.15, 0.2) is 0 Å². The lowest BCUT2D eigenvalue weighted by Crippen LogP contribution is -2.17. The Morgan fingerprint density at radius 1 is 1.26 bits per heavy atom. The molecule has 0 saturated carbocycles. The SMILES string of the molecule is CCCOc1ccc(CNCCc2ncn[nH]2)cc1. The van der Waals surface area contributed by atoms with Gasteiger partial charge in [-0.25, -0.2) is 4.98 Å². The zero-order valence-corrected chi connectivity index (χ0v) is 11.2. The van der Waals surface area contributed by atoms with Crippen molar-refractivity contribution in [3.05, 3.63) is 42.0 Å². The topological polar surface area (TPSA) is 62.8 Å². The van der Waals surface area contributed by atoms with Crippen LogP contribution in [0.4, 0.5) is 0 Å². The third-order valence-corrected chi connectivity index (χ3v) is 2.73. The largest absolute Gasteiger partial charge is 0.494 e. The van der Waals surface area contributed by atoms with Gasteiger partial charge in [-0.2, -0.15) is 5.10 Å². The molecule has 0 unspecified atom stereocenters. The predicted molar refractivity (Wildman–Crippen MR) is 74.0 cm³/mol. The molecule has 2 N–H and O–H groups in total. The van der Waals surface area contributed by atoms with E-state index in [1.165, 1.54) is 11.9 Å². The number of nitrogens with zero attached hydrogens (tertiary/aromatic N) is 2. The number of aromatic nitrogens is 3. The normalized spacial score (nSPS) is 10.6. The average molecular weight is 260 g/mol. The summed E-state index contributed by atoms with van der Waals surface area (Å²) in [5, 5.41) is 10.0. The Balaban J connectivity index is 1.68. The van der Waals surface area contributed by atoms with Crippen LogP contribution >= 0.6 is 0 Å². The van der Waals surface area contributed by atoms with Gasteiger partial charge in [-0.1, -0.05) is 19.1 Å². The first-order chi connectivity index (χ1) is 9.38. The molecule has 0 aliphatic rings. The summed E-state index contributed by atoms with van der Waals surface area (Å²) < 4.78 is 5.54. The fourth-order valence-corrected chi connectivity index (χ4v) is 1.71. The van der Waals surface area contributed by atoms with Crippen molar-refractivity contribution in [1.82, 2.24) is 20.5 Å². The van der Waals surface area contributed by atoms with E-state index in [1.807, 2.05) is 12.1 Å². The Kier molecular flexibility index (Phi) is 5.37. The van der Waals surface area contributed by atoms with Crippen LogP contribution in [0.25, 0.3) is 0 Å². The highest BCUT2D eigenvalue weighted by Gasteiger charge is 1.97. The number of hydrogen-bond acceptors (Lipinski definition) is 4. The monoisotopic (exact) mass is 260 g/mol. The minimum atomic E-state index is 0.773. The van der Waals surface area contributed by atoms with Crippen molar-refractivity contribution in [2.24, 2.45) is 0 Å². The van der Waals surface area contributed by atoms with Crippen LogP contribution in [-0.2, 0) is 13.0 Å². The summed E-state index contributed by atoms with van der Waals surface area (Å²) in [6, 6.07) is 8.21. The molecule has 0 amide bonds. The van der Waals surface area contributed by atoms with E-state index in [2.05, 4.69) is 39.6 Å². The Morgan fingerprint density at radius 3 is 2.79 bits per heavy atom. The van der Waals surface area contributed by atoms with E-state index in [-0.39, 0.29) is 0 Å². The number of H-pyrrole nitrogens is 1. The number of hydrogen-bond donors (Lipinski definition) is 2. The smallest absolute Gasteiger partial charge is 0.137 e. The molecule has 19 heavy (non-hydrogen) atoms. The quantitative estimate of drug-likeness (QED) is 0.712. The molecular formula is C14H20N4O. The van der Waals surface area contributed by atoms with E-state index in [0.29, 0.717) is 0 Å². The molecule has 5 nitrogen and oxygen atoms in total. The van der Waals surface area contributed by atoms with Crippen molar-refractivity contribution in [1.29, 1.82) is 0 Å². The fourth-order valence-electron chi connectivity index (χ4n) is 1.71. The van der Waals surface area contributed by atoms with Gasteiger partial charge in [-0.15, -0.1) is 0 Å². The molecule has 0 aliphatic carbocycles. The lowest BCUT2D eigenvalue weighted by molar-refractivity contribution is 0.317. The van der Waals surface area contributed by atoms with Gasteiger partial charge in [0, 0.05) is 19.5 Å². The maximum Gasteiger partial charge on any atom is 0.137 e. The molecule has 1 aromatic carbocycles. The van der Waals surface area contributed by atoms with Crippen LogP contribution in [0.15, 0.2) is 30.6 Å². The van der Waals surface area contributed by atoms with Gasteiger partial charge in [0.1, 0.15) is 17.9 Å². The first-order valence-electron chi connectivity index (χ1n) is 6.65. The Labute approximate surface area is 113 Å². The number of benzene rings is 1. The third kappa shape index (κ3) is 4.71. The molecule has 0 spiro atoms. The molecule has 0 fully saturated rings. The van der Waals surface area contributed by atoms with Crippen LogP contribution in [0.5, 0.6) is 5.75 Å². The minimum Gasteiger partial charge on any atom is -0.494 e. The standard InChI is InChI=1S/C14H20N4O/c1-2-9-19-13-5-3-12(4-6-13)10-15-8-7-14-16-11-17-18-14/h3-6,11,15H,2,7-10H2,1H3,(H,16,17,18). The van der Waals surface area contributed by atoms with Gasteiger partial charge in [0.25, 0.3) is 0 Å². The van der Waals surface area contributed by atoms with Crippen LogP contribution in [-0.4, -0.2) is 28.3 Å². The van der Waals surface area contributed by atoms with Crippen LogP contribution in [0.1, 0.15) is 24.7 Å². The second kappa shape index (κ2) is 7.53. The highest BCUT2D eigenvalue weighted by Crippen LogP contribution is 2.12. The van der Waals surface area contributed by atoms with E-state index in [4.69, 9.17) is 4.74 Å². The number of ether oxygens (including phenoxy) is 1. The Hall–Kier alpha value is -1.88. The van der Waals surface area contributed by atoms with Gasteiger partial charge in [-0.05, 0) is 24.1 Å². The molecule has 0 atom stereocenters. The summed E-state index contributed by atoms with van der Waals surface area (Å²) >= 11 is 0. The van der Waals surface area contributed by atoms with Gasteiger partial charge in [0.2, 0.25) is 0 Å². The number of aromatic amines is 1. The van der Waals surface area contributed by atoms with Crippen molar-refractivity contribution in [3.8, 4) is 5.75 Å². The molecule has 1 aromatic heterocycles. The molecule has 1 heterocycles. The van der Waals surface area contributed by atoms with Crippen LogP contribution < -0.4 is 10.1 Å². The second-order valence-corrected chi connectivity index (χ2v) is 4.35. The van der Waals surface area contributed by atoms with Crippen molar-refractivity contribution < 1.29 is 4.74 Å². The molecular weight excluding hydrogens is 240 g/mol.